The molecule has 0 aromatic heterocycles. The van der Waals surface area contributed by atoms with Gasteiger partial charge in [0.15, 0.2) is 21.3 Å². The summed E-state index contributed by atoms with van der Waals surface area (Å²) in [7, 11) is -1.91. The van der Waals surface area contributed by atoms with Crippen molar-refractivity contribution >= 4 is 33.0 Å². The summed E-state index contributed by atoms with van der Waals surface area (Å²) in [4.78, 5) is 13.1. The van der Waals surface area contributed by atoms with Crippen LogP contribution >= 0.6 is 0 Å². The molecule has 0 aliphatic carbocycles. The Labute approximate surface area is 186 Å². The summed E-state index contributed by atoms with van der Waals surface area (Å²) in [5.41, 5.74) is 2.91. The number of carbonyl (C=O) groups is 1. The monoisotopic (exact) mass is 448 g/mol. The Balaban J connectivity index is 1.91. The molecule has 0 bridgehead atoms. The highest BCUT2D eigenvalue weighted by Gasteiger charge is 2.32. The quantitative estimate of drug-likeness (QED) is 0.585. The van der Waals surface area contributed by atoms with Gasteiger partial charge in [-0.2, -0.15) is 0 Å². The number of esters is 1. The number of methoxy groups -OCH3 is 1. The van der Waals surface area contributed by atoms with E-state index in [4.69, 9.17) is 9.47 Å². The largest absolute Gasteiger partial charge is 0.504 e. The van der Waals surface area contributed by atoms with Gasteiger partial charge in [-0.3, -0.25) is 0 Å². The van der Waals surface area contributed by atoms with E-state index >= 15 is 0 Å². The number of rotatable bonds is 5. The number of benzene rings is 3. The Morgan fingerprint density at radius 3 is 2.19 bits per heavy atom. The lowest BCUT2D eigenvalue weighted by Gasteiger charge is -2.09. The topological polar surface area (TPSA) is 89.9 Å². The van der Waals surface area contributed by atoms with E-state index in [9.17, 15) is 18.3 Å². The SMILES string of the molecule is COc1cc(/C=C2\OC(=O)C(c3ccccc3)=C2c2ccc(S(C)(=O)=O)cc2)ccc1O. The predicted octanol–water partition coefficient (Wildman–Crippen LogP) is 4.31. The molecule has 0 spiro atoms. The van der Waals surface area contributed by atoms with Crippen LogP contribution in [0.2, 0.25) is 0 Å². The minimum Gasteiger partial charge on any atom is -0.504 e. The van der Waals surface area contributed by atoms with Gasteiger partial charge >= 0.3 is 5.97 Å². The van der Waals surface area contributed by atoms with Crippen molar-refractivity contribution < 1.29 is 27.8 Å². The van der Waals surface area contributed by atoms with Gasteiger partial charge in [0.05, 0.1) is 17.6 Å². The van der Waals surface area contributed by atoms with Crippen molar-refractivity contribution in [3.8, 4) is 11.5 Å². The Kier molecular flexibility index (Phi) is 5.59. The number of aromatic hydroxyl groups is 1. The van der Waals surface area contributed by atoms with Crippen molar-refractivity contribution in [3.05, 3.63) is 95.2 Å². The van der Waals surface area contributed by atoms with E-state index in [2.05, 4.69) is 0 Å². The highest BCUT2D eigenvalue weighted by atomic mass is 32.2. The van der Waals surface area contributed by atoms with Crippen molar-refractivity contribution in [2.45, 2.75) is 4.90 Å². The third-order valence-electron chi connectivity index (χ3n) is 5.04. The van der Waals surface area contributed by atoms with Crippen molar-refractivity contribution in [2.75, 3.05) is 13.4 Å². The van der Waals surface area contributed by atoms with Gasteiger partial charge in [0.25, 0.3) is 0 Å². The number of cyclic esters (lactones) is 1. The number of hydrogen-bond acceptors (Lipinski definition) is 6. The molecule has 1 aliphatic rings. The Morgan fingerprint density at radius 2 is 1.56 bits per heavy atom. The van der Waals surface area contributed by atoms with Crippen molar-refractivity contribution in [1.29, 1.82) is 0 Å². The summed E-state index contributed by atoms with van der Waals surface area (Å²) in [5.74, 6) is 0.0919. The molecule has 3 aromatic rings. The maximum Gasteiger partial charge on any atom is 0.344 e. The summed E-state index contributed by atoms with van der Waals surface area (Å²) >= 11 is 0. The lowest BCUT2D eigenvalue weighted by Crippen LogP contribution is -1.98. The highest BCUT2D eigenvalue weighted by Crippen LogP contribution is 2.41. The summed E-state index contributed by atoms with van der Waals surface area (Å²) in [6.07, 6.45) is 2.82. The van der Waals surface area contributed by atoms with E-state index in [0.29, 0.717) is 33.6 Å². The number of phenols is 1. The van der Waals surface area contributed by atoms with Crippen molar-refractivity contribution in [3.63, 3.8) is 0 Å². The molecule has 1 aliphatic heterocycles. The van der Waals surface area contributed by atoms with Crippen LogP contribution in [0.5, 0.6) is 11.5 Å². The standard InChI is InChI=1S/C25H20O6S/c1-30-21-14-16(8-13-20(21)26)15-22-23(18-9-11-19(12-10-18)32(2,28)29)24(25(27)31-22)17-6-4-3-5-7-17/h3-15,26H,1-2H3/b22-15-. The van der Waals surface area contributed by atoms with Gasteiger partial charge in [-0.15, -0.1) is 0 Å². The van der Waals surface area contributed by atoms with Gasteiger partial charge in [-0.05, 0) is 47.0 Å². The first-order valence-corrected chi connectivity index (χ1v) is 11.6. The molecular formula is C25H20O6S. The van der Waals surface area contributed by atoms with E-state index in [1.807, 2.05) is 30.3 Å². The van der Waals surface area contributed by atoms with Crippen LogP contribution in [-0.2, 0) is 19.4 Å². The second kappa shape index (κ2) is 8.36. The maximum absolute atomic E-state index is 12.9. The number of ether oxygens (including phenoxy) is 2. The summed E-state index contributed by atoms with van der Waals surface area (Å²) in [5, 5.41) is 9.86. The van der Waals surface area contributed by atoms with Gasteiger partial charge in [-0.1, -0.05) is 48.5 Å². The second-order valence-corrected chi connectivity index (χ2v) is 9.26. The third-order valence-corrected chi connectivity index (χ3v) is 6.17. The van der Waals surface area contributed by atoms with Crippen molar-refractivity contribution in [1.82, 2.24) is 0 Å². The number of sulfone groups is 1. The molecule has 0 unspecified atom stereocenters. The molecule has 1 heterocycles. The fraction of sp³-hybridized carbons (Fsp3) is 0.0800. The van der Waals surface area contributed by atoms with Crippen LogP contribution in [0, 0.1) is 0 Å². The fourth-order valence-electron chi connectivity index (χ4n) is 3.49. The van der Waals surface area contributed by atoms with Gasteiger partial charge < -0.3 is 14.6 Å². The lowest BCUT2D eigenvalue weighted by molar-refractivity contribution is -0.131. The molecule has 0 fully saturated rings. The zero-order valence-corrected chi connectivity index (χ0v) is 18.2. The third kappa shape index (κ3) is 4.15. The van der Waals surface area contributed by atoms with E-state index in [0.717, 1.165) is 6.26 Å². The van der Waals surface area contributed by atoms with E-state index in [1.165, 1.54) is 25.3 Å². The van der Waals surface area contributed by atoms with Crippen LogP contribution in [0.15, 0.2) is 83.5 Å². The van der Waals surface area contributed by atoms with Crippen LogP contribution in [0.3, 0.4) is 0 Å². The zero-order chi connectivity index (χ0) is 22.9. The van der Waals surface area contributed by atoms with Gasteiger partial charge in [0.1, 0.15) is 5.76 Å². The number of carbonyl (C=O) groups excluding carboxylic acids is 1. The molecule has 4 rings (SSSR count). The molecule has 0 radical (unpaired) electrons. The van der Waals surface area contributed by atoms with Gasteiger partial charge in [0.2, 0.25) is 0 Å². The second-order valence-electron chi connectivity index (χ2n) is 7.24. The minimum atomic E-state index is -3.36. The summed E-state index contributed by atoms with van der Waals surface area (Å²) in [6, 6.07) is 20.2. The van der Waals surface area contributed by atoms with Crippen molar-refractivity contribution in [2.24, 2.45) is 0 Å². The Bertz CT molecular complexity index is 1350. The van der Waals surface area contributed by atoms with Crippen LogP contribution in [0.1, 0.15) is 16.7 Å². The average molecular weight is 448 g/mol. The van der Waals surface area contributed by atoms with Crippen LogP contribution in [-0.4, -0.2) is 32.9 Å². The van der Waals surface area contributed by atoms with E-state index in [1.54, 1.807) is 30.3 Å². The minimum absolute atomic E-state index is 0.00447. The molecule has 3 aromatic carbocycles. The number of hydrogen-bond donors (Lipinski definition) is 1. The smallest absolute Gasteiger partial charge is 0.344 e. The molecule has 0 saturated heterocycles. The van der Waals surface area contributed by atoms with Crippen LogP contribution < -0.4 is 4.74 Å². The molecule has 32 heavy (non-hydrogen) atoms. The van der Waals surface area contributed by atoms with E-state index in [-0.39, 0.29) is 16.4 Å². The predicted molar refractivity (Wildman–Crippen MR) is 122 cm³/mol. The van der Waals surface area contributed by atoms with Crippen LogP contribution in [0.4, 0.5) is 0 Å². The molecule has 1 N–H and O–H groups in total. The number of allylic oxidation sites excluding steroid dienone is 1. The summed E-state index contributed by atoms with van der Waals surface area (Å²) < 4.78 is 34.5. The highest BCUT2D eigenvalue weighted by molar-refractivity contribution is 7.90. The molecule has 0 saturated carbocycles. The molecule has 6 nitrogen and oxygen atoms in total. The molecular weight excluding hydrogens is 428 g/mol. The fourth-order valence-corrected chi connectivity index (χ4v) is 4.12. The van der Waals surface area contributed by atoms with E-state index < -0.39 is 15.8 Å². The Hall–Kier alpha value is -3.84. The first kappa shape index (κ1) is 21.4. The molecule has 0 amide bonds. The average Bonchev–Trinajstić information content (AvgIpc) is 3.10. The summed E-state index contributed by atoms with van der Waals surface area (Å²) in [6.45, 7) is 0. The number of phenolic OH excluding ortho intramolecular Hbond substituents is 1. The molecule has 7 heteroatoms. The first-order chi connectivity index (χ1) is 15.3. The molecule has 0 atom stereocenters. The normalized spacial score (nSPS) is 15.2. The Morgan fingerprint density at radius 1 is 0.906 bits per heavy atom. The van der Waals surface area contributed by atoms with Gasteiger partial charge in [-0.25, -0.2) is 13.2 Å². The lowest BCUT2D eigenvalue weighted by atomic mass is 9.94. The van der Waals surface area contributed by atoms with Crippen LogP contribution in [0.25, 0.3) is 17.2 Å². The molecule has 162 valence electrons. The zero-order valence-electron chi connectivity index (χ0n) is 17.4. The maximum atomic E-state index is 12.9. The first-order valence-electron chi connectivity index (χ1n) is 9.69. The van der Waals surface area contributed by atoms with Gasteiger partial charge in [0, 0.05) is 11.8 Å².